The number of hydrogen-bond donors (Lipinski definition) is 2. The third kappa shape index (κ3) is 5.79. The van der Waals surface area contributed by atoms with Gasteiger partial charge in [0, 0.05) is 19.6 Å². The Hall–Kier alpha value is -0.170. The number of sulfonamides is 1. The van der Waals surface area contributed by atoms with Gasteiger partial charge in [-0.3, -0.25) is 0 Å². The number of nitrogens with one attached hydrogen (secondary N) is 1. The molecule has 0 aromatic heterocycles. The van der Waals surface area contributed by atoms with Crippen LogP contribution in [0.4, 0.5) is 0 Å². The van der Waals surface area contributed by atoms with Crippen LogP contribution in [-0.2, 0) is 10.0 Å². The summed E-state index contributed by atoms with van der Waals surface area (Å²) in [5, 5.41) is -0.520. The lowest BCUT2D eigenvalue weighted by Gasteiger charge is -2.20. The summed E-state index contributed by atoms with van der Waals surface area (Å²) in [5.74, 6) is 0. The second-order valence-electron chi connectivity index (χ2n) is 3.92. The maximum Gasteiger partial charge on any atom is 0.215 e. The number of nitrogens with zero attached hydrogens (tertiary/aromatic N) is 1. The molecule has 0 amide bonds. The first-order valence-corrected chi connectivity index (χ1v) is 7.43. The maximum absolute atomic E-state index is 11.6. The average molecular weight is 251 g/mol. The van der Waals surface area contributed by atoms with Gasteiger partial charge in [-0.15, -0.1) is 0 Å². The molecule has 0 aromatic rings. The molecule has 6 heteroatoms. The van der Waals surface area contributed by atoms with Crippen LogP contribution in [0.1, 0.15) is 27.2 Å². The van der Waals surface area contributed by atoms with E-state index in [1.54, 1.807) is 6.92 Å². The van der Waals surface area contributed by atoms with Crippen molar-refractivity contribution in [2.24, 2.45) is 5.73 Å². The third-order valence-electron chi connectivity index (χ3n) is 2.58. The third-order valence-corrected chi connectivity index (χ3v) is 4.44. The van der Waals surface area contributed by atoms with Crippen molar-refractivity contribution >= 4 is 10.0 Å². The molecule has 16 heavy (non-hydrogen) atoms. The first-order chi connectivity index (χ1) is 7.47. The van der Waals surface area contributed by atoms with Crippen molar-refractivity contribution in [2.45, 2.75) is 32.4 Å². The van der Waals surface area contributed by atoms with Gasteiger partial charge < -0.3 is 10.6 Å². The van der Waals surface area contributed by atoms with Crippen LogP contribution < -0.4 is 10.5 Å². The van der Waals surface area contributed by atoms with Crippen molar-refractivity contribution in [3.8, 4) is 0 Å². The molecule has 0 aliphatic heterocycles. The number of hydrogen-bond acceptors (Lipinski definition) is 4. The highest BCUT2D eigenvalue weighted by molar-refractivity contribution is 7.90. The van der Waals surface area contributed by atoms with Gasteiger partial charge in [-0.2, -0.15) is 0 Å². The molecular formula is C10H25N3O2S. The Morgan fingerprint density at radius 2 is 1.94 bits per heavy atom. The molecule has 1 atom stereocenters. The summed E-state index contributed by atoms with van der Waals surface area (Å²) in [6, 6.07) is 0. The minimum absolute atomic E-state index is 0.155. The molecule has 0 saturated heterocycles. The van der Waals surface area contributed by atoms with E-state index in [9.17, 15) is 8.42 Å². The Balaban J connectivity index is 3.97. The molecule has 1 unspecified atom stereocenters. The lowest BCUT2D eigenvalue weighted by Crippen LogP contribution is -2.41. The lowest BCUT2D eigenvalue weighted by molar-refractivity contribution is 0.293. The first kappa shape index (κ1) is 15.8. The summed E-state index contributed by atoms with van der Waals surface area (Å²) in [4.78, 5) is 2.22. The van der Waals surface area contributed by atoms with E-state index in [1.165, 1.54) is 0 Å². The van der Waals surface area contributed by atoms with Crippen LogP contribution in [-0.4, -0.2) is 51.3 Å². The van der Waals surface area contributed by atoms with Crippen molar-refractivity contribution in [1.29, 1.82) is 0 Å². The van der Waals surface area contributed by atoms with E-state index in [-0.39, 0.29) is 6.54 Å². The van der Waals surface area contributed by atoms with Gasteiger partial charge in [-0.1, -0.05) is 13.8 Å². The molecule has 0 spiro atoms. The van der Waals surface area contributed by atoms with E-state index in [0.717, 1.165) is 26.1 Å². The summed E-state index contributed by atoms with van der Waals surface area (Å²) in [7, 11) is -3.23. The highest BCUT2D eigenvalue weighted by Crippen LogP contribution is 1.96. The van der Waals surface area contributed by atoms with Crippen LogP contribution in [0.2, 0.25) is 0 Å². The molecule has 0 aliphatic carbocycles. The normalized spacial score (nSPS) is 14.3. The van der Waals surface area contributed by atoms with Crippen LogP contribution in [0, 0.1) is 0 Å². The van der Waals surface area contributed by atoms with Gasteiger partial charge in [0.25, 0.3) is 0 Å². The second kappa shape index (κ2) is 8.00. The molecule has 0 saturated carbocycles. The molecule has 0 aromatic carbocycles. The van der Waals surface area contributed by atoms with E-state index in [4.69, 9.17) is 5.73 Å². The zero-order chi connectivity index (χ0) is 12.6. The standard InChI is InChI=1S/C10H25N3O2S/c1-4-7-13(5-2)8-6-12-16(14,15)10(3)9-11/h10,12H,4-9,11H2,1-3H3. The minimum atomic E-state index is -3.23. The molecule has 0 heterocycles. The van der Waals surface area contributed by atoms with Gasteiger partial charge in [0.05, 0.1) is 5.25 Å². The Labute approximate surface area is 99.4 Å². The monoisotopic (exact) mass is 251 g/mol. The van der Waals surface area contributed by atoms with E-state index in [2.05, 4.69) is 23.5 Å². The van der Waals surface area contributed by atoms with Gasteiger partial charge in [0.2, 0.25) is 10.0 Å². The molecule has 0 radical (unpaired) electrons. The van der Waals surface area contributed by atoms with Gasteiger partial charge in [0.15, 0.2) is 0 Å². The second-order valence-corrected chi connectivity index (χ2v) is 6.10. The van der Waals surface area contributed by atoms with Crippen molar-refractivity contribution in [2.75, 3.05) is 32.7 Å². The summed E-state index contributed by atoms with van der Waals surface area (Å²) >= 11 is 0. The van der Waals surface area contributed by atoms with Crippen LogP contribution in [0.25, 0.3) is 0 Å². The quantitative estimate of drug-likeness (QED) is 0.604. The minimum Gasteiger partial charge on any atom is -0.329 e. The van der Waals surface area contributed by atoms with E-state index in [1.807, 2.05) is 0 Å². The fourth-order valence-corrected chi connectivity index (χ4v) is 2.27. The molecule has 5 nitrogen and oxygen atoms in total. The zero-order valence-corrected chi connectivity index (χ0v) is 11.4. The Kier molecular flexibility index (Phi) is 7.91. The number of likely N-dealkylation sites (N-methyl/N-ethyl adjacent to an activating group) is 1. The molecule has 98 valence electrons. The largest absolute Gasteiger partial charge is 0.329 e. The van der Waals surface area contributed by atoms with Crippen LogP contribution in [0.15, 0.2) is 0 Å². The van der Waals surface area contributed by atoms with Gasteiger partial charge in [-0.05, 0) is 26.4 Å². The zero-order valence-electron chi connectivity index (χ0n) is 10.6. The van der Waals surface area contributed by atoms with Crippen molar-refractivity contribution in [3.05, 3.63) is 0 Å². The number of rotatable bonds is 9. The molecule has 3 N–H and O–H groups in total. The van der Waals surface area contributed by atoms with E-state index in [0.29, 0.717) is 6.54 Å². The Morgan fingerprint density at radius 3 is 2.38 bits per heavy atom. The molecule has 0 aliphatic rings. The number of nitrogens with two attached hydrogens (primary N) is 1. The van der Waals surface area contributed by atoms with E-state index >= 15 is 0 Å². The highest BCUT2D eigenvalue weighted by Gasteiger charge is 2.18. The Bertz CT molecular complexity index is 267. The predicted octanol–water partition coefficient (Wildman–Crippen LogP) is -0.0151. The lowest BCUT2D eigenvalue weighted by atomic mass is 10.4. The van der Waals surface area contributed by atoms with Crippen LogP contribution >= 0.6 is 0 Å². The van der Waals surface area contributed by atoms with Crippen molar-refractivity contribution < 1.29 is 8.42 Å². The van der Waals surface area contributed by atoms with Crippen molar-refractivity contribution in [3.63, 3.8) is 0 Å². The summed E-state index contributed by atoms with van der Waals surface area (Å²) in [5.41, 5.74) is 5.33. The SMILES string of the molecule is CCCN(CC)CCNS(=O)(=O)C(C)CN. The van der Waals surface area contributed by atoms with Gasteiger partial charge in [0.1, 0.15) is 0 Å². The highest BCUT2D eigenvalue weighted by atomic mass is 32.2. The average Bonchev–Trinajstić information content (AvgIpc) is 2.26. The molecular weight excluding hydrogens is 226 g/mol. The molecule has 0 fully saturated rings. The van der Waals surface area contributed by atoms with Gasteiger partial charge in [-0.25, -0.2) is 13.1 Å². The van der Waals surface area contributed by atoms with Crippen LogP contribution in [0.5, 0.6) is 0 Å². The van der Waals surface area contributed by atoms with Crippen molar-refractivity contribution in [1.82, 2.24) is 9.62 Å². The molecule has 0 bridgehead atoms. The van der Waals surface area contributed by atoms with Crippen LogP contribution in [0.3, 0.4) is 0 Å². The first-order valence-electron chi connectivity index (χ1n) is 5.88. The summed E-state index contributed by atoms with van der Waals surface area (Å²) in [6.07, 6.45) is 1.08. The fourth-order valence-electron chi connectivity index (χ4n) is 1.36. The summed E-state index contributed by atoms with van der Waals surface area (Å²) in [6.45, 7) is 9.12. The Morgan fingerprint density at radius 1 is 1.31 bits per heavy atom. The molecule has 0 rings (SSSR count). The fraction of sp³-hybridized carbons (Fsp3) is 1.00. The smallest absolute Gasteiger partial charge is 0.215 e. The predicted molar refractivity (Wildman–Crippen MR) is 67.8 cm³/mol. The summed E-state index contributed by atoms with van der Waals surface area (Å²) < 4.78 is 25.7. The topological polar surface area (TPSA) is 75.4 Å². The van der Waals surface area contributed by atoms with Gasteiger partial charge >= 0.3 is 0 Å². The maximum atomic E-state index is 11.6. The van der Waals surface area contributed by atoms with E-state index < -0.39 is 15.3 Å².